The van der Waals surface area contributed by atoms with Crippen LogP contribution in [0.2, 0.25) is 0 Å². The zero-order valence-electron chi connectivity index (χ0n) is 19.6. The van der Waals surface area contributed by atoms with Crippen LogP contribution >= 0.6 is 0 Å². The molecule has 1 heterocycles. The number of amidine groups is 1. The minimum Gasteiger partial charge on any atom is -0.507 e. The van der Waals surface area contributed by atoms with Gasteiger partial charge in [-0.05, 0) is 48.5 Å². The number of hydrogen-bond donors (Lipinski definition) is 9. The molecular weight excluding hydrogens is 516 g/mol. The van der Waals surface area contributed by atoms with Gasteiger partial charge in [-0.2, -0.15) is 0 Å². The van der Waals surface area contributed by atoms with E-state index in [1.807, 2.05) is 0 Å². The zero-order chi connectivity index (χ0) is 27.8. The number of nitrogen functional groups attached to an aromatic ring is 1. The first kappa shape index (κ1) is 26.6. The number of carbonyl (C=O) groups is 1. The van der Waals surface area contributed by atoms with Crippen LogP contribution in [0.4, 0.5) is 0 Å². The van der Waals surface area contributed by atoms with Gasteiger partial charge in [-0.3, -0.25) is 10.2 Å². The highest BCUT2D eigenvalue weighted by Gasteiger charge is 2.23. The Kier molecular flexibility index (Phi) is 7.06. The second kappa shape index (κ2) is 10.1. The van der Waals surface area contributed by atoms with Gasteiger partial charge in [0.05, 0.1) is 40.7 Å². The number of nitrogens with zero attached hydrogens (tertiary/aromatic N) is 1. The molecule has 11 N–H and O–H groups in total. The van der Waals surface area contributed by atoms with Crippen molar-refractivity contribution in [2.75, 3.05) is 13.2 Å². The number of aliphatic hydroxyl groups excluding tert-OH is 2. The van der Waals surface area contributed by atoms with Crippen molar-refractivity contribution in [1.82, 2.24) is 15.3 Å². The van der Waals surface area contributed by atoms with E-state index in [-0.39, 0.29) is 38.8 Å². The summed E-state index contributed by atoms with van der Waals surface area (Å²) in [7, 11) is -4.18. The molecule has 0 aliphatic heterocycles. The summed E-state index contributed by atoms with van der Waals surface area (Å²) in [6.07, 6.45) is 0. The van der Waals surface area contributed by atoms with E-state index in [1.165, 1.54) is 12.1 Å². The molecule has 14 heteroatoms. The lowest BCUT2D eigenvalue weighted by molar-refractivity contribution is 0.0879. The van der Waals surface area contributed by atoms with Crippen LogP contribution < -0.4 is 16.2 Å². The number of sulfonamides is 1. The maximum absolute atomic E-state index is 13.0. The number of imidazole rings is 1. The Hall–Kier alpha value is -4.50. The number of primary sulfonamides is 1. The monoisotopic (exact) mass is 540 g/mol. The highest BCUT2D eigenvalue weighted by Crippen LogP contribution is 2.42. The Morgan fingerprint density at radius 1 is 1.00 bits per heavy atom. The smallest absolute Gasteiger partial charge is 0.251 e. The van der Waals surface area contributed by atoms with Gasteiger partial charge >= 0.3 is 0 Å². The molecule has 1 amide bonds. The molecule has 0 bridgehead atoms. The molecule has 0 saturated carbocycles. The first-order valence-electron chi connectivity index (χ1n) is 11.0. The number of aromatic nitrogens is 2. The molecule has 0 saturated heterocycles. The van der Waals surface area contributed by atoms with Gasteiger partial charge in [0.2, 0.25) is 10.0 Å². The number of phenolic OH excluding ortho intramolecular Hbond substituents is 2. The van der Waals surface area contributed by atoms with E-state index >= 15 is 0 Å². The van der Waals surface area contributed by atoms with E-state index in [2.05, 4.69) is 15.3 Å². The van der Waals surface area contributed by atoms with E-state index in [1.54, 1.807) is 18.2 Å². The zero-order valence-corrected chi connectivity index (χ0v) is 20.5. The van der Waals surface area contributed by atoms with E-state index in [0.29, 0.717) is 16.6 Å². The lowest BCUT2D eigenvalue weighted by Crippen LogP contribution is -2.40. The second-order valence-corrected chi connectivity index (χ2v) is 9.97. The van der Waals surface area contributed by atoms with E-state index in [4.69, 9.17) is 16.3 Å². The number of phenols is 2. The molecular formula is C24H24N6O7S. The summed E-state index contributed by atoms with van der Waals surface area (Å²) >= 11 is 0. The minimum atomic E-state index is -4.18. The molecule has 4 rings (SSSR count). The fraction of sp³-hybridized carbons (Fsp3) is 0.125. The fourth-order valence-electron chi connectivity index (χ4n) is 3.78. The molecule has 0 fully saturated rings. The van der Waals surface area contributed by atoms with Gasteiger partial charge in [-0.15, -0.1) is 0 Å². The lowest BCUT2D eigenvalue weighted by atomic mass is 9.96. The van der Waals surface area contributed by atoms with Crippen molar-refractivity contribution in [1.29, 1.82) is 5.41 Å². The third kappa shape index (κ3) is 5.14. The second-order valence-electron chi connectivity index (χ2n) is 8.41. The van der Waals surface area contributed by atoms with Gasteiger partial charge in [0.25, 0.3) is 5.91 Å². The van der Waals surface area contributed by atoms with Crippen LogP contribution in [-0.4, -0.2) is 69.8 Å². The number of carbonyl (C=O) groups excluding carboxylic acids is 1. The number of nitrogens with one attached hydrogen (secondary N) is 3. The average molecular weight is 541 g/mol. The number of benzene rings is 3. The van der Waals surface area contributed by atoms with E-state index < -0.39 is 46.7 Å². The number of nitrogens with two attached hydrogens (primary N) is 2. The first-order chi connectivity index (χ1) is 17.9. The number of fused-ring (bicyclic) bond motifs is 1. The largest absolute Gasteiger partial charge is 0.507 e. The Bertz CT molecular complexity index is 1680. The summed E-state index contributed by atoms with van der Waals surface area (Å²) in [5.74, 6) is -1.66. The highest BCUT2D eigenvalue weighted by atomic mass is 32.2. The number of aromatic amines is 1. The molecule has 198 valence electrons. The molecule has 0 aliphatic rings. The van der Waals surface area contributed by atoms with E-state index in [9.17, 15) is 33.6 Å². The lowest BCUT2D eigenvalue weighted by Gasteiger charge is -2.16. The summed E-state index contributed by atoms with van der Waals surface area (Å²) in [5, 5.41) is 55.8. The summed E-state index contributed by atoms with van der Waals surface area (Å²) in [5.41, 5.74) is 6.59. The topological polar surface area (TPSA) is 249 Å². The Morgan fingerprint density at radius 2 is 1.68 bits per heavy atom. The van der Waals surface area contributed by atoms with Gasteiger partial charge in [0.1, 0.15) is 23.2 Å². The molecule has 0 unspecified atom stereocenters. The maximum atomic E-state index is 13.0. The van der Waals surface area contributed by atoms with Crippen LogP contribution in [0.5, 0.6) is 11.5 Å². The molecule has 0 radical (unpaired) electrons. The maximum Gasteiger partial charge on any atom is 0.251 e. The third-order valence-electron chi connectivity index (χ3n) is 5.78. The number of amides is 1. The molecule has 4 aromatic rings. The number of aromatic hydroxyl groups is 2. The van der Waals surface area contributed by atoms with Crippen molar-refractivity contribution in [2.24, 2.45) is 10.9 Å². The van der Waals surface area contributed by atoms with Crippen molar-refractivity contribution < 1.29 is 33.6 Å². The van der Waals surface area contributed by atoms with Gasteiger partial charge in [-0.25, -0.2) is 18.5 Å². The van der Waals surface area contributed by atoms with Crippen LogP contribution in [0, 0.1) is 5.41 Å². The molecule has 0 atom stereocenters. The summed E-state index contributed by atoms with van der Waals surface area (Å²) in [6, 6.07) is 9.53. The normalized spacial score (nSPS) is 11.7. The number of H-pyrrole nitrogens is 1. The highest BCUT2D eigenvalue weighted by molar-refractivity contribution is 7.89. The van der Waals surface area contributed by atoms with Crippen molar-refractivity contribution in [3.63, 3.8) is 0 Å². The standard InChI is InChI=1S/C24H24N6O7S/c25-22(26)11-1-3-18-19(7-11)30-23(29-18)17-6-12(24(35)28-13(9-31)10-32)5-16(21(17)34)15-8-14(38(27,36)37)2-4-20(15)33/h1-8,13,31-34H,9-10H2,(H3,25,26)(H,28,35)(H,29,30)(H2,27,36,37). The fourth-order valence-corrected chi connectivity index (χ4v) is 4.32. The van der Waals surface area contributed by atoms with Crippen LogP contribution in [0.15, 0.2) is 53.4 Å². The molecule has 0 spiro atoms. The molecule has 0 aliphatic carbocycles. The third-order valence-corrected chi connectivity index (χ3v) is 6.70. The summed E-state index contributed by atoms with van der Waals surface area (Å²) in [6.45, 7) is -1.08. The Morgan fingerprint density at radius 3 is 2.32 bits per heavy atom. The predicted molar refractivity (Wildman–Crippen MR) is 138 cm³/mol. The van der Waals surface area contributed by atoms with Gasteiger partial charge in [0.15, 0.2) is 0 Å². The number of rotatable bonds is 8. The Labute approximate surface area is 215 Å². The molecule has 13 nitrogen and oxygen atoms in total. The SMILES string of the molecule is N=C(N)c1ccc2[nH]c(-c3cc(C(=O)NC(CO)CO)cc(-c4cc(S(N)(=O)=O)ccc4O)c3O)nc2c1. The quantitative estimate of drug-likeness (QED) is 0.110. The average Bonchev–Trinajstić information content (AvgIpc) is 3.30. The summed E-state index contributed by atoms with van der Waals surface area (Å²) < 4.78 is 23.8. The van der Waals surface area contributed by atoms with Crippen molar-refractivity contribution in [3.8, 4) is 34.0 Å². The molecule has 38 heavy (non-hydrogen) atoms. The van der Waals surface area contributed by atoms with Crippen LogP contribution in [-0.2, 0) is 10.0 Å². The van der Waals surface area contributed by atoms with Crippen LogP contribution in [0.3, 0.4) is 0 Å². The number of aliphatic hydroxyl groups is 2. The number of hydrogen-bond acceptors (Lipinski definition) is 9. The predicted octanol–water partition coefficient (Wildman–Crippen LogP) is 0.323. The first-order valence-corrected chi connectivity index (χ1v) is 12.6. The molecule has 3 aromatic carbocycles. The van der Waals surface area contributed by atoms with Gasteiger partial charge in [-0.1, -0.05) is 0 Å². The van der Waals surface area contributed by atoms with Crippen molar-refractivity contribution in [3.05, 3.63) is 59.7 Å². The minimum absolute atomic E-state index is 0.0122. The summed E-state index contributed by atoms with van der Waals surface area (Å²) in [4.78, 5) is 20.1. The van der Waals surface area contributed by atoms with Crippen LogP contribution in [0.25, 0.3) is 33.5 Å². The van der Waals surface area contributed by atoms with Gasteiger partial charge < -0.3 is 36.5 Å². The van der Waals surface area contributed by atoms with Crippen LogP contribution in [0.1, 0.15) is 15.9 Å². The van der Waals surface area contributed by atoms with Crippen molar-refractivity contribution in [2.45, 2.75) is 10.9 Å². The Balaban J connectivity index is 1.96. The molecule has 1 aromatic heterocycles. The van der Waals surface area contributed by atoms with E-state index in [0.717, 1.165) is 18.2 Å². The van der Waals surface area contributed by atoms with Crippen molar-refractivity contribution >= 4 is 32.8 Å². The van der Waals surface area contributed by atoms with Gasteiger partial charge in [0, 0.05) is 22.3 Å².